The third-order valence-electron chi connectivity index (χ3n) is 13.9. The third-order valence-corrected chi connectivity index (χ3v) is 14.9. The van der Waals surface area contributed by atoms with Crippen LogP contribution in [-0.2, 0) is 32.7 Å². The number of hydrogen-bond acceptors (Lipinski definition) is 8. The van der Waals surface area contributed by atoms with Crippen molar-refractivity contribution in [3.63, 3.8) is 0 Å². The minimum absolute atomic E-state index is 0.0323. The zero-order valence-corrected chi connectivity index (χ0v) is 52.2. The monoisotopic (exact) mass is 1110 g/mol. The van der Waals surface area contributed by atoms with Gasteiger partial charge in [0.2, 0.25) is 0 Å². The lowest BCUT2D eigenvalue weighted by Gasteiger charge is -2.28. The van der Waals surface area contributed by atoms with Crippen LogP contribution < -0.4 is 4.89 Å². The number of ether oxygens (including phenoxy) is 2. The molecule has 452 valence electrons. The van der Waals surface area contributed by atoms with Crippen LogP contribution in [0.2, 0.25) is 0 Å². The van der Waals surface area contributed by atoms with Crippen LogP contribution in [-0.4, -0.2) is 70.0 Å². The summed E-state index contributed by atoms with van der Waals surface area (Å²) in [6.45, 7) is 4.15. The lowest BCUT2D eigenvalue weighted by Crippen LogP contribution is -2.37. The Morgan fingerprint density at radius 2 is 0.731 bits per heavy atom. The fraction of sp³-hybridized carbons (Fsp3) is 0.765. The topological polar surface area (TPSA) is 111 Å². The standard InChI is InChI=1S/C68H122NO8P/c1-6-8-10-12-14-16-18-20-22-24-26-27-28-29-30-31-32-33-34-35-36-37-38-39-40-41-43-45-47-49-51-53-55-57-59-61-68(71)77-66(65-76-78(72,73)75-63-62-69(3,4)5)64-74-67(70)60-58-56-54-52-50-48-46-44-42-25-23-21-19-17-15-13-11-9-7-2/h8,10,14,16,20-23,26-27,29-30,32-33,66H,6-7,9,11-13,15,17-19,24-25,28,31,34-65H2,1-5H3/b10-8-,16-14-,22-20-,23-21-,27-26-,30-29-,33-32-. The Balaban J connectivity index is 4.05. The molecule has 2 atom stereocenters. The van der Waals surface area contributed by atoms with Gasteiger partial charge in [-0.3, -0.25) is 14.2 Å². The summed E-state index contributed by atoms with van der Waals surface area (Å²) >= 11 is 0. The van der Waals surface area contributed by atoms with Gasteiger partial charge in [0.15, 0.2) is 6.10 Å². The minimum atomic E-state index is -4.64. The van der Waals surface area contributed by atoms with Crippen molar-refractivity contribution in [1.29, 1.82) is 0 Å². The molecule has 0 fully saturated rings. The smallest absolute Gasteiger partial charge is 0.306 e. The van der Waals surface area contributed by atoms with Gasteiger partial charge in [-0.15, -0.1) is 0 Å². The van der Waals surface area contributed by atoms with E-state index in [1.165, 1.54) is 173 Å². The Morgan fingerprint density at radius 3 is 1.10 bits per heavy atom. The normalized spacial score (nSPS) is 13.8. The van der Waals surface area contributed by atoms with Crippen molar-refractivity contribution < 1.29 is 42.1 Å². The van der Waals surface area contributed by atoms with Gasteiger partial charge in [0.1, 0.15) is 19.8 Å². The van der Waals surface area contributed by atoms with Crippen LogP contribution >= 0.6 is 7.82 Å². The van der Waals surface area contributed by atoms with Crippen LogP contribution in [0, 0.1) is 0 Å². The minimum Gasteiger partial charge on any atom is -0.756 e. The van der Waals surface area contributed by atoms with Crippen molar-refractivity contribution in [3.8, 4) is 0 Å². The maximum Gasteiger partial charge on any atom is 0.306 e. The van der Waals surface area contributed by atoms with Crippen LogP contribution in [0.25, 0.3) is 0 Å². The molecule has 0 aromatic rings. The Kier molecular flexibility index (Phi) is 56.7. The summed E-state index contributed by atoms with van der Waals surface area (Å²) in [6, 6.07) is 0. The fourth-order valence-corrected chi connectivity index (χ4v) is 9.68. The second kappa shape index (κ2) is 58.8. The molecule has 0 N–H and O–H groups in total. The highest BCUT2D eigenvalue weighted by Gasteiger charge is 2.22. The number of carbonyl (C=O) groups excluding carboxylic acids is 2. The maximum absolute atomic E-state index is 12.8. The molecule has 0 aliphatic rings. The quantitative estimate of drug-likeness (QED) is 0.0195. The number of allylic oxidation sites excluding steroid dienone is 14. The van der Waals surface area contributed by atoms with Crippen molar-refractivity contribution in [2.45, 2.75) is 290 Å². The van der Waals surface area contributed by atoms with Crippen molar-refractivity contribution in [2.75, 3.05) is 47.5 Å². The third kappa shape index (κ3) is 62.4. The van der Waals surface area contributed by atoms with E-state index in [0.717, 1.165) is 77.0 Å². The number of likely N-dealkylation sites (N-methyl/N-ethyl adjacent to an activating group) is 1. The highest BCUT2D eigenvalue weighted by Crippen LogP contribution is 2.38. The summed E-state index contributed by atoms with van der Waals surface area (Å²) in [5, 5.41) is 0. The molecule has 0 amide bonds. The molecule has 0 radical (unpaired) electrons. The van der Waals surface area contributed by atoms with Crippen LogP contribution in [0.15, 0.2) is 85.1 Å². The average molecular weight is 1110 g/mol. The summed E-state index contributed by atoms with van der Waals surface area (Å²) in [7, 11) is 1.17. The first-order chi connectivity index (χ1) is 38.0. The van der Waals surface area contributed by atoms with Crippen LogP contribution in [0.1, 0.15) is 284 Å². The summed E-state index contributed by atoms with van der Waals surface area (Å²) in [6.07, 6.45) is 79.3. The number of phosphoric ester groups is 1. The van der Waals surface area contributed by atoms with Crippen LogP contribution in [0.5, 0.6) is 0 Å². The van der Waals surface area contributed by atoms with E-state index in [2.05, 4.69) is 98.9 Å². The van der Waals surface area contributed by atoms with E-state index in [0.29, 0.717) is 17.4 Å². The molecule has 2 unspecified atom stereocenters. The number of esters is 2. The summed E-state index contributed by atoms with van der Waals surface area (Å²) in [4.78, 5) is 38.0. The highest BCUT2D eigenvalue weighted by molar-refractivity contribution is 7.45. The maximum atomic E-state index is 12.8. The first kappa shape index (κ1) is 75.2. The molecule has 0 rings (SSSR count). The fourth-order valence-electron chi connectivity index (χ4n) is 8.95. The summed E-state index contributed by atoms with van der Waals surface area (Å²) in [5.41, 5.74) is 0. The summed E-state index contributed by atoms with van der Waals surface area (Å²) in [5.74, 6) is -0.828. The van der Waals surface area contributed by atoms with E-state index in [-0.39, 0.29) is 32.0 Å². The Labute approximate surface area is 481 Å². The average Bonchev–Trinajstić information content (AvgIpc) is 3.41. The molecule has 0 saturated carbocycles. The van der Waals surface area contributed by atoms with E-state index < -0.39 is 26.5 Å². The number of phosphoric acid groups is 1. The van der Waals surface area contributed by atoms with E-state index in [9.17, 15) is 19.0 Å². The van der Waals surface area contributed by atoms with E-state index in [1.54, 1.807) is 0 Å². The zero-order valence-electron chi connectivity index (χ0n) is 51.3. The summed E-state index contributed by atoms with van der Waals surface area (Å²) < 4.78 is 34.2. The van der Waals surface area contributed by atoms with Gasteiger partial charge in [-0.25, -0.2) is 0 Å². The molecule has 0 aromatic heterocycles. The van der Waals surface area contributed by atoms with E-state index >= 15 is 0 Å². The Morgan fingerprint density at radius 1 is 0.410 bits per heavy atom. The van der Waals surface area contributed by atoms with E-state index in [1.807, 2.05) is 21.1 Å². The molecule has 9 nitrogen and oxygen atoms in total. The molecule has 0 saturated heterocycles. The predicted octanol–water partition coefficient (Wildman–Crippen LogP) is 20.0. The largest absolute Gasteiger partial charge is 0.756 e. The molecular weight excluding hydrogens is 990 g/mol. The highest BCUT2D eigenvalue weighted by atomic mass is 31.2. The molecule has 10 heteroatoms. The van der Waals surface area contributed by atoms with E-state index in [4.69, 9.17) is 18.5 Å². The number of carbonyl (C=O) groups is 2. The number of quaternary nitrogens is 1. The molecule has 0 bridgehead atoms. The molecular formula is C68H122NO8P. The molecule has 0 spiro atoms. The van der Waals surface area contributed by atoms with Crippen molar-refractivity contribution in [3.05, 3.63) is 85.1 Å². The van der Waals surface area contributed by atoms with Crippen molar-refractivity contribution >= 4 is 19.8 Å². The van der Waals surface area contributed by atoms with Crippen LogP contribution in [0.3, 0.4) is 0 Å². The van der Waals surface area contributed by atoms with Crippen molar-refractivity contribution in [1.82, 2.24) is 0 Å². The van der Waals surface area contributed by atoms with Gasteiger partial charge < -0.3 is 27.9 Å². The number of rotatable bonds is 59. The zero-order chi connectivity index (χ0) is 57.0. The first-order valence-electron chi connectivity index (χ1n) is 32.3. The van der Waals surface area contributed by atoms with Crippen molar-refractivity contribution in [2.24, 2.45) is 0 Å². The molecule has 0 aliphatic carbocycles. The van der Waals surface area contributed by atoms with Gasteiger partial charge in [-0.1, -0.05) is 266 Å². The number of hydrogen-bond donors (Lipinski definition) is 0. The second-order valence-electron chi connectivity index (χ2n) is 22.7. The molecule has 0 aliphatic heterocycles. The van der Waals surface area contributed by atoms with Gasteiger partial charge in [0, 0.05) is 12.8 Å². The predicted molar refractivity (Wildman–Crippen MR) is 332 cm³/mol. The SMILES string of the molecule is CC/C=C\C/C=C\C/C=C\C/C=C\C/C=C\C/C=C\CCCCCCCCCCCCCCCCCCC(=O)OC(COC(=O)CCCCCCCCCCC/C=C\CCCCCCCC)COP(=O)([O-])OCC[N+](C)(C)C. The van der Waals surface area contributed by atoms with Crippen LogP contribution in [0.4, 0.5) is 0 Å². The van der Waals surface area contributed by atoms with Gasteiger partial charge >= 0.3 is 11.9 Å². The second-order valence-corrected chi connectivity index (χ2v) is 24.2. The van der Waals surface area contributed by atoms with Gasteiger partial charge in [-0.2, -0.15) is 0 Å². The van der Waals surface area contributed by atoms with Gasteiger partial charge in [-0.05, 0) is 89.9 Å². The number of nitrogens with zero attached hydrogens (tertiary/aromatic N) is 1. The lowest BCUT2D eigenvalue weighted by atomic mass is 10.0. The molecule has 0 aromatic carbocycles. The number of unbranched alkanes of at least 4 members (excludes halogenated alkanes) is 31. The first-order valence-corrected chi connectivity index (χ1v) is 33.8. The molecule has 0 heterocycles. The van der Waals surface area contributed by atoms with Gasteiger partial charge in [0.05, 0.1) is 27.7 Å². The Bertz CT molecular complexity index is 1590. The molecule has 78 heavy (non-hydrogen) atoms. The van der Waals surface area contributed by atoms with Gasteiger partial charge in [0.25, 0.3) is 7.82 Å². The Hall–Kier alpha value is -2.81. The lowest BCUT2D eigenvalue weighted by molar-refractivity contribution is -0.870.